The second-order valence-electron chi connectivity index (χ2n) is 2.76. The van der Waals surface area contributed by atoms with E-state index in [0.29, 0.717) is 0 Å². The van der Waals surface area contributed by atoms with E-state index in [9.17, 15) is 26.4 Å². The number of halogens is 3. The molecule has 0 aromatic carbocycles. The molecule has 0 amide bonds. The Hall–Kier alpha value is -0.870. The van der Waals surface area contributed by atoms with E-state index in [1.54, 1.807) is 0 Å². The molecule has 1 saturated heterocycles. The number of hydroxylamine groups is 2. The molecule has 0 aliphatic carbocycles. The fourth-order valence-electron chi connectivity index (χ4n) is 0.868. The molecular formula is C5H6F3NO5S. The molecule has 0 radical (unpaired) electrons. The van der Waals surface area contributed by atoms with Gasteiger partial charge in [-0.15, -0.1) is 0 Å². The van der Waals surface area contributed by atoms with Crippen LogP contribution in [0.2, 0.25) is 0 Å². The van der Waals surface area contributed by atoms with E-state index in [-0.39, 0.29) is 18.0 Å². The molecule has 1 unspecified atom stereocenters. The first-order valence-corrected chi connectivity index (χ1v) is 5.06. The van der Waals surface area contributed by atoms with Crippen molar-refractivity contribution in [1.29, 1.82) is 0 Å². The van der Waals surface area contributed by atoms with Gasteiger partial charge in [-0.2, -0.15) is 30.9 Å². The van der Waals surface area contributed by atoms with E-state index in [2.05, 4.69) is 4.28 Å². The highest BCUT2D eigenvalue weighted by Crippen LogP contribution is 2.28. The van der Waals surface area contributed by atoms with Gasteiger partial charge in [0.15, 0.2) is 0 Å². The van der Waals surface area contributed by atoms with Crippen LogP contribution in [0.15, 0.2) is 0 Å². The van der Waals surface area contributed by atoms with Crippen LogP contribution in [0, 0.1) is 0 Å². The molecule has 1 N–H and O–H groups in total. The third-order valence-electron chi connectivity index (χ3n) is 1.73. The van der Waals surface area contributed by atoms with Gasteiger partial charge in [0.05, 0.1) is 0 Å². The number of alkyl halides is 3. The van der Waals surface area contributed by atoms with Crippen LogP contribution >= 0.6 is 0 Å². The Bertz CT molecular complexity index is 363. The third-order valence-corrected chi connectivity index (χ3v) is 2.69. The summed E-state index contributed by atoms with van der Waals surface area (Å²) in [7, 11) is -5.76. The van der Waals surface area contributed by atoms with Gasteiger partial charge in [-0.25, -0.2) is 0 Å². The number of carboxylic acid groups (broad SMARTS) is 1. The number of rotatable bonds is 3. The summed E-state index contributed by atoms with van der Waals surface area (Å²) in [5.74, 6) is -1.43. The lowest BCUT2D eigenvalue weighted by molar-refractivity contribution is -0.188. The molecule has 1 atom stereocenters. The van der Waals surface area contributed by atoms with E-state index in [1.807, 2.05) is 0 Å². The predicted molar refractivity (Wildman–Crippen MR) is 38.8 cm³/mol. The topological polar surface area (TPSA) is 83.9 Å². The molecule has 0 aromatic heterocycles. The first kappa shape index (κ1) is 12.2. The van der Waals surface area contributed by atoms with Gasteiger partial charge >= 0.3 is 21.6 Å². The van der Waals surface area contributed by atoms with Crippen molar-refractivity contribution < 1.29 is 35.8 Å². The lowest BCUT2D eigenvalue weighted by Crippen LogP contribution is -2.53. The summed E-state index contributed by atoms with van der Waals surface area (Å²) in [6.07, 6.45) is 0.0444. The molecule has 1 aliphatic rings. The van der Waals surface area contributed by atoms with Gasteiger partial charge in [-0.3, -0.25) is 4.79 Å². The Labute approximate surface area is 82.3 Å². The monoisotopic (exact) mass is 249 g/mol. The second kappa shape index (κ2) is 3.61. The lowest BCUT2D eigenvalue weighted by atomic mass is 10.1. The zero-order chi connectivity index (χ0) is 11.9. The number of hydrogen-bond donors (Lipinski definition) is 1. The minimum atomic E-state index is -5.76. The van der Waals surface area contributed by atoms with Crippen molar-refractivity contribution in [1.82, 2.24) is 5.06 Å². The average molecular weight is 249 g/mol. The molecule has 1 heterocycles. The summed E-state index contributed by atoms with van der Waals surface area (Å²) >= 11 is 0. The van der Waals surface area contributed by atoms with E-state index in [4.69, 9.17) is 5.11 Å². The highest BCUT2D eigenvalue weighted by Gasteiger charge is 2.51. The van der Waals surface area contributed by atoms with Crippen LogP contribution in [0.3, 0.4) is 0 Å². The highest BCUT2D eigenvalue weighted by atomic mass is 32.2. The van der Waals surface area contributed by atoms with E-state index < -0.39 is 27.6 Å². The molecule has 0 saturated carbocycles. The van der Waals surface area contributed by atoms with Crippen molar-refractivity contribution in [3.8, 4) is 0 Å². The number of hydrogen-bond acceptors (Lipinski definition) is 5. The number of carboxylic acids is 1. The Morgan fingerprint density at radius 1 is 1.47 bits per heavy atom. The highest BCUT2D eigenvalue weighted by molar-refractivity contribution is 7.87. The van der Waals surface area contributed by atoms with Crippen LogP contribution in [0.25, 0.3) is 0 Å². The summed E-state index contributed by atoms with van der Waals surface area (Å²) in [4.78, 5) is 10.3. The van der Waals surface area contributed by atoms with Crippen molar-refractivity contribution in [2.45, 2.75) is 18.0 Å². The standard InChI is InChI=1S/C5H6F3NO5S/c6-5(7,8)15(12,13)14-9-2-1-3(9)4(10)11/h3H,1-2H2,(H,10,11). The molecule has 0 spiro atoms. The Kier molecular flexibility index (Phi) is 2.94. The molecule has 1 rings (SSSR count). The van der Waals surface area contributed by atoms with Gasteiger partial charge in [0.1, 0.15) is 6.04 Å². The second-order valence-corrected chi connectivity index (χ2v) is 4.28. The minimum Gasteiger partial charge on any atom is -0.480 e. The predicted octanol–water partition coefficient (Wildman–Crippen LogP) is -0.0735. The van der Waals surface area contributed by atoms with Crippen molar-refractivity contribution in [2.75, 3.05) is 6.54 Å². The molecule has 1 aliphatic heterocycles. The molecule has 1 fully saturated rings. The molecule has 15 heavy (non-hydrogen) atoms. The maximum Gasteiger partial charge on any atom is 0.524 e. The normalized spacial score (nSPS) is 23.5. The third kappa shape index (κ3) is 2.38. The van der Waals surface area contributed by atoms with Gasteiger partial charge in [-0.05, 0) is 6.42 Å². The quantitative estimate of drug-likeness (QED) is 0.704. The van der Waals surface area contributed by atoms with Crippen molar-refractivity contribution >= 4 is 16.1 Å². The SMILES string of the molecule is O=C(O)C1CCN1OS(=O)(=O)C(F)(F)F. The van der Waals surface area contributed by atoms with Gasteiger partial charge in [-0.1, -0.05) is 0 Å². The van der Waals surface area contributed by atoms with Gasteiger partial charge in [0.2, 0.25) is 0 Å². The van der Waals surface area contributed by atoms with Crippen molar-refractivity contribution in [2.24, 2.45) is 0 Å². The fraction of sp³-hybridized carbons (Fsp3) is 0.800. The molecule has 88 valence electrons. The summed E-state index contributed by atoms with van der Waals surface area (Å²) in [5.41, 5.74) is -5.55. The van der Waals surface area contributed by atoms with E-state index in [0.717, 1.165) is 0 Å². The number of nitrogens with zero attached hydrogens (tertiary/aromatic N) is 1. The number of aliphatic carboxylic acids is 1. The van der Waals surface area contributed by atoms with Crippen LogP contribution in [-0.4, -0.2) is 42.7 Å². The van der Waals surface area contributed by atoms with Crippen LogP contribution < -0.4 is 0 Å². The van der Waals surface area contributed by atoms with Gasteiger partial charge in [0, 0.05) is 6.54 Å². The smallest absolute Gasteiger partial charge is 0.480 e. The van der Waals surface area contributed by atoms with Crippen LogP contribution in [0.1, 0.15) is 6.42 Å². The zero-order valence-corrected chi connectivity index (χ0v) is 7.88. The molecule has 0 bridgehead atoms. The summed E-state index contributed by atoms with van der Waals surface area (Å²) < 4.78 is 59.9. The first-order chi connectivity index (χ1) is 6.65. The molecule has 6 nitrogen and oxygen atoms in total. The Balaban J connectivity index is 2.68. The Morgan fingerprint density at radius 3 is 2.27 bits per heavy atom. The molecular weight excluding hydrogens is 243 g/mol. The maximum atomic E-state index is 11.8. The molecule has 0 aromatic rings. The zero-order valence-electron chi connectivity index (χ0n) is 7.06. The minimum absolute atomic E-state index is 0.0444. The van der Waals surface area contributed by atoms with Gasteiger partial charge < -0.3 is 5.11 Å². The van der Waals surface area contributed by atoms with Crippen LogP contribution in [0.4, 0.5) is 13.2 Å². The van der Waals surface area contributed by atoms with Gasteiger partial charge in [0.25, 0.3) is 0 Å². The largest absolute Gasteiger partial charge is 0.524 e. The summed E-state index contributed by atoms with van der Waals surface area (Å²) in [6, 6.07) is -1.35. The lowest BCUT2D eigenvalue weighted by Gasteiger charge is -2.35. The first-order valence-electron chi connectivity index (χ1n) is 3.65. The molecule has 10 heteroatoms. The number of carbonyl (C=O) groups is 1. The average Bonchev–Trinajstić information content (AvgIpc) is 1.94. The van der Waals surface area contributed by atoms with Crippen LogP contribution in [0.5, 0.6) is 0 Å². The maximum absolute atomic E-state index is 11.8. The van der Waals surface area contributed by atoms with E-state index in [1.165, 1.54) is 0 Å². The Morgan fingerprint density at radius 2 is 2.00 bits per heavy atom. The van der Waals surface area contributed by atoms with Crippen molar-refractivity contribution in [3.63, 3.8) is 0 Å². The summed E-state index contributed by atoms with van der Waals surface area (Å²) in [6.45, 7) is -0.174. The van der Waals surface area contributed by atoms with E-state index >= 15 is 0 Å². The summed E-state index contributed by atoms with van der Waals surface area (Å²) in [5, 5.41) is 8.67. The van der Waals surface area contributed by atoms with Crippen LogP contribution in [-0.2, 0) is 19.2 Å². The van der Waals surface area contributed by atoms with Crippen molar-refractivity contribution in [3.05, 3.63) is 0 Å². The fourth-order valence-corrected chi connectivity index (χ4v) is 1.38.